The summed E-state index contributed by atoms with van der Waals surface area (Å²) in [7, 11) is 0. The minimum Gasteiger partial charge on any atom is -0.250 e. The van der Waals surface area contributed by atoms with Crippen LogP contribution in [0.1, 0.15) is 36.2 Å². The molecule has 3 nitrogen and oxygen atoms in total. The Bertz CT molecular complexity index is 936. The van der Waals surface area contributed by atoms with E-state index < -0.39 is 0 Å². The maximum absolute atomic E-state index is 5.03. The number of aromatic nitrogens is 3. The highest BCUT2D eigenvalue weighted by atomic mass is 32.2. The molecule has 4 rings (SSSR count). The van der Waals surface area contributed by atoms with Crippen molar-refractivity contribution >= 4 is 11.8 Å². The van der Waals surface area contributed by atoms with Crippen LogP contribution in [0.4, 0.5) is 0 Å². The Hall–Kier alpha value is -2.20. The van der Waals surface area contributed by atoms with Crippen LogP contribution in [-0.2, 0) is 12.8 Å². The van der Waals surface area contributed by atoms with Crippen molar-refractivity contribution in [2.75, 3.05) is 6.26 Å². The van der Waals surface area contributed by atoms with Gasteiger partial charge in [-0.1, -0.05) is 30.7 Å². The Labute approximate surface area is 159 Å². The van der Waals surface area contributed by atoms with Crippen molar-refractivity contribution < 1.29 is 0 Å². The Morgan fingerprint density at radius 3 is 2.54 bits per heavy atom. The Balaban J connectivity index is 1.95. The molecule has 0 bridgehead atoms. The van der Waals surface area contributed by atoms with Crippen LogP contribution >= 0.6 is 11.8 Å². The number of rotatable bonds is 3. The molecule has 0 unspecified atom stereocenters. The second kappa shape index (κ2) is 7.58. The summed E-state index contributed by atoms with van der Waals surface area (Å²) >= 11 is 1.77. The van der Waals surface area contributed by atoms with Crippen LogP contribution in [0.15, 0.2) is 47.4 Å². The normalized spacial score (nSPS) is 13.9. The number of pyridine rings is 1. The molecule has 26 heavy (non-hydrogen) atoms. The Kier molecular flexibility index (Phi) is 5.02. The first-order valence-corrected chi connectivity index (χ1v) is 10.5. The third-order valence-corrected chi connectivity index (χ3v) is 5.71. The van der Waals surface area contributed by atoms with Gasteiger partial charge in [-0.2, -0.15) is 0 Å². The molecule has 2 aromatic heterocycles. The molecule has 1 aliphatic rings. The lowest BCUT2D eigenvalue weighted by atomic mass is 10.0. The lowest BCUT2D eigenvalue weighted by Gasteiger charge is -2.15. The number of aryl methyl sites for hydroxylation is 2. The number of thioether (sulfide) groups is 1. The summed E-state index contributed by atoms with van der Waals surface area (Å²) in [6, 6.07) is 14.6. The van der Waals surface area contributed by atoms with Crippen LogP contribution in [0, 0.1) is 6.92 Å². The smallest absolute Gasteiger partial charge is 0.178 e. The van der Waals surface area contributed by atoms with Crippen LogP contribution < -0.4 is 0 Å². The van der Waals surface area contributed by atoms with E-state index in [2.05, 4.69) is 35.5 Å². The molecule has 0 N–H and O–H groups in total. The van der Waals surface area contributed by atoms with Crippen molar-refractivity contribution in [1.29, 1.82) is 0 Å². The molecule has 0 aliphatic heterocycles. The highest BCUT2D eigenvalue weighted by Crippen LogP contribution is 2.35. The van der Waals surface area contributed by atoms with Crippen molar-refractivity contribution in [3.63, 3.8) is 0 Å². The minimum absolute atomic E-state index is 0.750. The monoisotopic (exact) mass is 361 g/mol. The molecular weight excluding hydrogens is 338 g/mol. The first kappa shape index (κ1) is 17.2. The van der Waals surface area contributed by atoms with Gasteiger partial charge in [0, 0.05) is 27.4 Å². The average Bonchev–Trinajstić information content (AvgIpc) is 2.92. The molecule has 0 fully saturated rings. The van der Waals surface area contributed by atoms with E-state index in [1.807, 2.05) is 25.1 Å². The molecule has 0 spiro atoms. The number of nitrogens with zero attached hydrogens (tertiary/aromatic N) is 3. The van der Waals surface area contributed by atoms with Gasteiger partial charge in [0.1, 0.15) is 5.69 Å². The standard InChI is InChI=1S/C22H23N3S/c1-15-9-8-13-19(23-15)22-24-18-12-5-3-4-10-16(18)21(25-22)17-11-6-7-14-20(17)26-2/h6-9,11,13-14H,3-5,10,12H2,1-2H3. The molecule has 132 valence electrons. The van der Waals surface area contributed by atoms with Crippen LogP contribution in [0.25, 0.3) is 22.8 Å². The zero-order chi connectivity index (χ0) is 17.9. The molecule has 0 amide bonds. The van der Waals surface area contributed by atoms with Gasteiger partial charge in [-0.15, -0.1) is 11.8 Å². The number of benzene rings is 1. The van der Waals surface area contributed by atoms with E-state index >= 15 is 0 Å². The molecule has 4 heteroatoms. The van der Waals surface area contributed by atoms with Crippen molar-refractivity contribution in [2.24, 2.45) is 0 Å². The van der Waals surface area contributed by atoms with Crippen LogP contribution in [0.3, 0.4) is 0 Å². The van der Waals surface area contributed by atoms with E-state index in [0.717, 1.165) is 35.7 Å². The van der Waals surface area contributed by atoms with Gasteiger partial charge in [-0.05, 0) is 57.1 Å². The van der Waals surface area contributed by atoms with E-state index in [1.165, 1.54) is 41.0 Å². The van der Waals surface area contributed by atoms with E-state index in [-0.39, 0.29) is 0 Å². The highest BCUT2D eigenvalue weighted by molar-refractivity contribution is 7.98. The topological polar surface area (TPSA) is 38.7 Å². The molecule has 2 heterocycles. The van der Waals surface area contributed by atoms with Gasteiger partial charge < -0.3 is 0 Å². The van der Waals surface area contributed by atoms with Gasteiger partial charge in [-0.25, -0.2) is 15.0 Å². The van der Waals surface area contributed by atoms with E-state index in [4.69, 9.17) is 9.97 Å². The van der Waals surface area contributed by atoms with Gasteiger partial charge in [0.2, 0.25) is 0 Å². The first-order valence-electron chi connectivity index (χ1n) is 9.23. The van der Waals surface area contributed by atoms with Gasteiger partial charge in [0.25, 0.3) is 0 Å². The van der Waals surface area contributed by atoms with Crippen molar-refractivity contribution in [2.45, 2.75) is 43.9 Å². The maximum atomic E-state index is 5.03. The van der Waals surface area contributed by atoms with Crippen LogP contribution in [0.2, 0.25) is 0 Å². The van der Waals surface area contributed by atoms with E-state index in [0.29, 0.717) is 0 Å². The molecule has 1 aromatic carbocycles. The lowest BCUT2D eigenvalue weighted by Crippen LogP contribution is -2.06. The molecule has 0 saturated carbocycles. The van der Waals surface area contributed by atoms with Crippen LogP contribution in [0.5, 0.6) is 0 Å². The van der Waals surface area contributed by atoms with E-state index in [1.54, 1.807) is 11.8 Å². The number of hydrogen-bond acceptors (Lipinski definition) is 4. The summed E-state index contributed by atoms with van der Waals surface area (Å²) < 4.78 is 0. The van der Waals surface area contributed by atoms with Gasteiger partial charge in [-0.3, -0.25) is 0 Å². The summed E-state index contributed by atoms with van der Waals surface area (Å²) in [4.78, 5) is 15.9. The fourth-order valence-electron chi connectivity index (χ4n) is 3.62. The predicted octanol–water partition coefficient (Wildman–Crippen LogP) is 5.50. The minimum atomic E-state index is 0.750. The second-order valence-corrected chi connectivity index (χ2v) is 7.59. The average molecular weight is 362 g/mol. The predicted molar refractivity (Wildman–Crippen MR) is 108 cm³/mol. The lowest BCUT2D eigenvalue weighted by molar-refractivity contribution is 0.709. The summed E-state index contributed by atoms with van der Waals surface area (Å²) in [6.45, 7) is 2.01. The van der Waals surface area contributed by atoms with Gasteiger partial charge in [0.05, 0.1) is 5.69 Å². The Morgan fingerprint density at radius 1 is 0.846 bits per heavy atom. The number of fused-ring (bicyclic) bond motifs is 1. The fraction of sp³-hybridized carbons (Fsp3) is 0.318. The molecule has 1 aliphatic carbocycles. The van der Waals surface area contributed by atoms with Crippen molar-refractivity contribution in [3.8, 4) is 22.8 Å². The number of hydrogen-bond donors (Lipinski definition) is 0. The largest absolute Gasteiger partial charge is 0.250 e. The maximum Gasteiger partial charge on any atom is 0.178 e. The second-order valence-electron chi connectivity index (χ2n) is 6.75. The molecule has 0 radical (unpaired) electrons. The first-order chi connectivity index (χ1) is 12.8. The Morgan fingerprint density at radius 2 is 1.69 bits per heavy atom. The van der Waals surface area contributed by atoms with Crippen molar-refractivity contribution in [1.82, 2.24) is 15.0 Å². The molecular formula is C22H23N3S. The third kappa shape index (κ3) is 3.38. The van der Waals surface area contributed by atoms with Crippen molar-refractivity contribution in [3.05, 3.63) is 59.4 Å². The summed E-state index contributed by atoms with van der Waals surface area (Å²) in [6.07, 6.45) is 7.90. The highest BCUT2D eigenvalue weighted by Gasteiger charge is 2.20. The summed E-state index contributed by atoms with van der Waals surface area (Å²) in [5.74, 6) is 0.750. The van der Waals surface area contributed by atoms with Gasteiger partial charge >= 0.3 is 0 Å². The zero-order valence-corrected chi connectivity index (χ0v) is 16.1. The quantitative estimate of drug-likeness (QED) is 0.456. The van der Waals surface area contributed by atoms with E-state index in [9.17, 15) is 0 Å². The summed E-state index contributed by atoms with van der Waals surface area (Å²) in [5.41, 5.74) is 6.71. The molecule has 0 atom stereocenters. The molecule has 0 saturated heterocycles. The van der Waals surface area contributed by atoms with Crippen LogP contribution in [-0.4, -0.2) is 21.2 Å². The SMILES string of the molecule is CSc1ccccc1-c1nc(-c2cccc(C)n2)nc2c1CCCCC2. The third-order valence-electron chi connectivity index (χ3n) is 4.91. The zero-order valence-electron chi connectivity index (χ0n) is 15.3. The van der Waals surface area contributed by atoms with Gasteiger partial charge in [0.15, 0.2) is 5.82 Å². The molecule has 3 aromatic rings. The fourth-order valence-corrected chi connectivity index (χ4v) is 4.22. The summed E-state index contributed by atoms with van der Waals surface area (Å²) in [5, 5.41) is 0.